The van der Waals surface area contributed by atoms with Crippen molar-refractivity contribution >= 4 is 11.8 Å². The highest BCUT2D eigenvalue weighted by atomic mass is 19.4. The highest BCUT2D eigenvalue weighted by Crippen LogP contribution is 2.33. The monoisotopic (exact) mass is 383 g/mol. The Bertz CT molecular complexity index is 744. The van der Waals surface area contributed by atoms with Gasteiger partial charge in [-0.15, -0.1) is 0 Å². The average Bonchev–Trinajstić information content (AvgIpc) is 2.64. The van der Waals surface area contributed by atoms with E-state index in [1.807, 2.05) is 0 Å². The van der Waals surface area contributed by atoms with Crippen LogP contribution in [0.2, 0.25) is 0 Å². The van der Waals surface area contributed by atoms with Gasteiger partial charge in [0.2, 0.25) is 0 Å². The lowest BCUT2D eigenvalue weighted by Gasteiger charge is -2.15. The van der Waals surface area contributed by atoms with Gasteiger partial charge in [0.25, 0.3) is 0 Å². The van der Waals surface area contributed by atoms with Crippen molar-refractivity contribution < 1.29 is 17.6 Å². The maximum atomic E-state index is 12.9. The van der Waals surface area contributed by atoms with Crippen LogP contribution < -0.4 is 16.0 Å². The van der Waals surface area contributed by atoms with Crippen molar-refractivity contribution in [3.63, 3.8) is 0 Å². The fourth-order valence-corrected chi connectivity index (χ4v) is 2.33. The zero-order valence-corrected chi connectivity index (χ0v) is 14.8. The maximum Gasteiger partial charge on any atom is 0.419 e. The molecule has 9 heteroatoms. The molecule has 1 aromatic heterocycles. The highest BCUT2D eigenvalue weighted by Gasteiger charge is 2.33. The molecule has 2 aromatic rings. The minimum Gasteiger partial charge on any atom is -0.368 e. The average molecular weight is 383 g/mol. The topological polar surface area (TPSA) is 61.3 Å². The molecular weight excluding hydrogens is 362 g/mol. The molecule has 0 unspecified atom stereocenters. The molecule has 0 atom stereocenters. The summed E-state index contributed by atoms with van der Waals surface area (Å²) in [6, 6.07) is 8.46. The minimum atomic E-state index is -4.46. The maximum absolute atomic E-state index is 12.9. The number of rotatable bonds is 7. The van der Waals surface area contributed by atoms with Gasteiger partial charge in [-0.25, -0.2) is 9.37 Å². The number of anilines is 1. The number of benzene rings is 1. The number of halogens is 4. The lowest BCUT2D eigenvalue weighted by atomic mass is 10.1. The van der Waals surface area contributed by atoms with Crippen LogP contribution >= 0.6 is 0 Å². The van der Waals surface area contributed by atoms with Gasteiger partial charge < -0.3 is 16.0 Å². The van der Waals surface area contributed by atoms with Gasteiger partial charge >= 0.3 is 6.18 Å². The Morgan fingerprint density at radius 1 is 1.04 bits per heavy atom. The van der Waals surface area contributed by atoms with Gasteiger partial charge in [0, 0.05) is 32.9 Å². The number of hydrogen-bond donors (Lipinski definition) is 3. The van der Waals surface area contributed by atoms with E-state index in [9.17, 15) is 17.6 Å². The van der Waals surface area contributed by atoms with E-state index in [2.05, 4.69) is 25.9 Å². The third-order valence-electron chi connectivity index (χ3n) is 3.67. The fraction of sp³-hybridized carbons (Fsp3) is 0.333. The van der Waals surface area contributed by atoms with Crippen LogP contribution in [-0.4, -0.2) is 37.6 Å². The molecule has 1 aromatic carbocycles. The Kier molecular flexibility index (Phi) is 7.39. The van der Waals surface area contributed by atoms with Crippen LogP contribution in [0.1, 0.15) is 11.1 Å². The summed E-state index contributed by atoms with van der Waals surface area (Å²) in [5, 5.41) is 8.76. The number of alkyl halides is 3. The van der Waals surface area contributed by atoms with E-state index in [0.29, 0.717) is 25.5 Å². The van der Waals surface area contributed by atoms with Gasteiger partial charge in [-0.3, -0.25) is 4.99 Å². The third-order valence-corrected chi connectivity index (χ3v) is 3.67. The van der Waals surface area contributed by atoms with E-state index < -0.39 is 11.7 Å². The van der Waals surface area contributed by atoms with Crippen molar-refractivity contribution in [1.29, 1.82) is 0 Å². The Balaban J connectivity index is 1.73. The molecule has 2 rings (SSSR count). The van der Waals surface area contributed by atoms with Gasteiger partial charge in [0.15, 0.2) is 5.96 Å². The first kappa shape index (κ1) is 20.5. The van der Waals surface area contributed by atoms with Crippen molar-refractivity contribution in [3.05, 3.63) is 59.5 Å². The van der Waals surface area contributed by atoms with Gasteiger partial charge in [-0.2, -0.15) is 13.2 Å². The Morgan fingerprint density at radius 3 is 2.41 bits per heavy atom. The predicted octanol–water partition coefficient (Wildman–Crippen LogP) is 3.06. The molecule has 0 amide bonds. The summed E-state index contributed by atoms with van der Waals surface area (Å²) >= 11 is 0. The molecule has 0 spiro atoms. The number of hydrogen-bond acceptors (Lipinski definition) is 3. The number of nitrogens with one attached hydrogen (secondary N) is 3. The van der Waals surface area contributed by atoms with Crippen LogP contribution in [0.4, 0.5) is 23.4 Å². The predicted molar refractivity (Wildman–Crippen MR) is 97.2 cm³/mol. The lowest BCUT2D eigenvalue weighted by Crippen LogP contribution is -2.40. The van der Waals surface area contributed by atoms with E-state index in [-0.39, 0.29) is 18.2 Å². The number of aromatic nitrogens is 1. The van der Waals surface area contributed by atoms with E-state index >= 15 is 0 Å². The summed E-state index contributed by atoms with van der Waals surface area (Å²) in [5.41, 5.74) is 0.183. The molecule has 146 valence electrons. The normalized spacial score (nSPS) is 12.0. The Hall–Kier alpha value is -2.84. The number of nitrogens with zero attached hydrogens (tertiary/aromatic N) is 2. The molecule has 0 aliphatic rings. The molecule has 1 heterocycles. The SMILES string of the molecule is CN=C(NCCNc1ncccc1C(F)(F)F)NCCc1ccc(F)cc1. The molecule has 0 saturated heterocycles. The first-order valence-corrected chi connectivity index (χ1v) is 8.35. The van der Waals surface area contributed by atoms with Gasteiger partial charge in [-0.1, -0.05) is 12.1 Å². The molecule has 0 bridgehead atoms. The second-order valence-electron chi connectivity index (χ2n) is 5.63. The summed E-state index contributed by atoms with van der Waals surface area (Å²) in [6.07, 6.45) is -2.47. The molecule has 0 fully saturated rings. The summed E-state index contributed by atoms with van der Waals surface area (Å²) < 4.78 is 51.5. The standard InChI is InChI=1S/C18H21F4N5/c1-23-17(26-10-8-13-4-6-14(19)7-5-13)27-12-11-25-16-15(18(20,21)22)3-2-9-24-16/h2-7,9H,8,10-12H2,1H3,(H,24,25)(H2,23,26,27). The van der Waals surface area contributed by atoms with Crippen LogP contribution in [0.3, 0.4) is 0 Å². The molecule has 27 heavy (non-hydrogen) atoms. The summed E-state index contributed by atoms with van der Waals surface area (Å²) in [5.74, 6) is 0.0419. The quantitative estimate of drug-likeness (QED) is 0.298. The zero-order valence-electron chi connectivity index (χ0n) is 14.8. The largest absolute Gasteiger partial charge is 0.419 e. The van der Waals surface area contributed by atoms with Crippen molar-refractivity contribution in [2.45, 2.75) is 12.6 Å². The van der Waals surface area contributed by atoms with Crippen molar-refractivity contribution in [1.82, 2.24) is 15.6 Å². The minimum absolute atomic E-state index is 0.203. The fourth-order valence-electron chi connectivity index (χ4n) is 2.33. The van der Waals surface area contributed by atoms with Crippen LogP contribution in [0, 0.1) is 5.82 Å². The first-order chi connectivity index (χ1) is 12.9. The van der Waals surface area contributed by atoms with Gasteiger partial charge in [-0.05, 0) is 36.2 Å². The molecule has 3 N–H and O–H groups in total. The third kappa shape index (κ3) is 6.76. The molecule has 0 aliphatic carbocycles. The molecular formula is C18H21F4N5. The van der Waals surface area contributed by atoms with Crippen molar-refractivity contribution in [2.75, 3.05) is 32.0 Å². The second-order valence-corrected chi connectivity index (χ2v) is 5.63. The first-order valence-electron chi connectivity index (χ1n) is 8.35. The number of aliphatic imine (C=N–C) groups is 1. The molecule has 0 radical (unpaired) electrons. The van der Waals surface area contributed by atoms with Crippen molar-refractivity contribution in [3.8, 4) is 0 Å². The Labute approximate surface area is 154 Å². The highest BCUT2D eigenvalue weighted by molar-refractivity contribution is 5.79. The molecule has 5 nitrogen and oxygen atoms in total. The Morgan fingerprint density at radius 2 is 1.74 bits per heavy atom. The second kappa shape index (κ2) is 9.75. The van der Waals surface area contributed by atoms with Crippen molar-refractivity contribution in [2.24, 2.45) is 4.99 Å². The zero-order chi connectivity index (χ0) is 19.7. The summed E-state index contributed by atoms with van der Waals surface area (Å²) in [4.78, 5) is 7.79. The van der Waals surface area contributed by atoms with Gasteiger partial charge in [0.1, 0.15) is 11.6 Å². The van der Waals surface area contributed by atoms with E-state index in [1.54, 1.807) is 19.2 Å². The summed E-state index contributed by atoms with van der Waals surface area (Å²) in [7, 11) is 1.60. The van der Waals surface area contributed by atoms with Crippen LogP contribution in [-0.2, 0) is 12.6 Å². The lowest BCUT2D eigenvalue weighted by molar-refractivity contribution is -0.137. The smallest absolute Gasteiger partial charge is 0.368 e. The molecule has 0 aliphatic heterocycles. The van der Waals surface area contributed by atoms with Crippen LogP contribution in [0.15, 0.2) is 47.6 Å². The van der Waals surface area contributed by atoms with E-state index in [0.717, 1.165) is 11.6 Å². The number of pyridine rings is 1. The van der Waals surface area contributed by atoms with Crippen LogP contribution in [0.5, 0.6) is 0 Å². The van der Waals surface area contributed by atoms with Gasteiger partial charge in [0.05, 0.1) is 5.56 Å². The van der Waals surface area contributed by atoms with Crippen LogP contribution in [0.25, 0.3) is 0 Å². The molecule has 0 saturated carbocycles. The van der Waals surface area contributed by atoms with E-state index in [1.165, 1.54) is 24.4 Å². The van der Waals surface area contributed by atoms with E-state index in [4.69, 9.17) is 0 Å². The summed E-state index contributed by atoms with van der Waals surface area (Å²) in [6.45, 7) is 1.17. The number of guanidine groups is 1.